The van der Waals surface area contributed by atoms with Gasteiger partial charge in [-0.05, 0) is 43.3 Å². The Morgan fingerprint density at radius 1 is 0.931 bits per heavy atom. The Balaban J connectivity index is 1.72. The molecule has 0 heterocycles. The van der Waals surface area contributed by atoms with Crippen LogP contribution in [0.2, 0.25) is 0 Å². The lowest BCUT2D eigenvalue weighted by Gasteiger charge is -2.10. The number of hydrogen-bond donors (Lipinski definition) is 1. The van der Waals surface area contributed by atoms with Crippen LogP contribution in [-0.2, 0) is 19.1 Å². The van der Waals surface area contributed by atoms with Gasteiger partial charge in [0.25, 0.3) is 5.91 Å². The first-order valence-electron chi connectivity index (χ1n) is 9.02. The van der Waals surface area contributed by atoms with Crippen molar-refractivity contribution in [3.63, 3.8) is 0 Å². The third kappa shape index (κ3) is 7.17. The Bertz CT molecular complexity index is 833. The Labute approximate surface area is 168 Å². The first kappa shape index (κ1) is 21.7. The highest BCUT2D eigenvalue weighted by molar-refractivity contribution is 6.01. The summed E-state index contributed by atoms with van der Waals surface area (Å²) in [6.07, 6.45) is -0.0146. The third-order valence-electron chi connectivity index (χ3n) is 3.68. The molecule has 2 aromatic carbocycles. The van der Waals surface area contributed by atoms with E-state index in [9.17, 15) is 14.4 Å². The van der Waals surface area contributed by atoms with E-state index in [1.54, 1.807) is 42.5 Å². The molecule has 0 aliphatic carbocycles. The minimum Gasteiger partial charge on any atom is -0.494 e. The quantitative estimate of drug-likeness (QED) is 0.611. The van der Waals surface area contributed by atoms with Crippen molar-refractivity contribution in [2.75, 3.05) is 32.2 Å². The van der Waals surface area contributed by atoms with Crippen molar-refractivity contribution in [1.29, 1.82) is 0 Å². The number of ether oxygens (including phenoxy) is 4. The van der Waals surface area contributed by atoms with Gasteiger partial charge in [-0.15, -0.1) is 0 Å². The fraction of sp³-hybridized carbons (Fsp3) is 0.286. The van der Waals surface area contributed by atoms with Crippen molar-refractivity contribution >= 4 is 23.5 Å². The van der Waals surface area contributed by atoms with Crippen LogP contribution in [0.5, 0.6) is 11.5 Å². The molecule has 0 radical (unpaired) electrons. The molecule has 0 aliphatic heterocycles. The van der Waals surface area contributed by atoms with Crippen LogP contribution in [0.4, 0.5) is 5.69 Å². The third-order valence-corrected chi connectivity index (χ3v) is 3.68. The fourth-order valence-corrected chi connectivity index (χ4v) is 2.34. The van der Waals surface area contributed by atoms with Crippen LogP contribution in [0.15, 0.2) is 48.5 Å². The maximum Gasteiger partial charge on any atom is 0.339 e. The number of esters is 2. The maximum atomic E-state index is 12.0. The van der Waals surface area contributed by atoms with Crippen molar-refractivity contribution in [2.45, 2.75) is 13.3 Å². The average molecular weight is 401 g/mol. The van der Waals surface area contributed by atoms with Crippen LogP contribution in [-0.4, -0.2) is 44.8 Å². The van der Waals surface area contributed by atoms with Gasteiger partial charge in [0, 0.05) is 0 Å². The number of anilines is 1. The number of rotatable bonds is 10. The Morgan fingerprint density at radius 2 is 1.59 bits per heavy atom. The van der Waals surface area contributed by atoms with E-state index in [4.69, 9.17) is 14.2 Å². The summed E-state index contributed by atoms with van der Waals surface area (Å²) >= 11 is 0. The van der Waals surface area contributed by atoms with Crippen molar-refractivity contribution in [1.82, 2.24) is 0 Å². The lowest BCUT2D eigenvalue weighted by atomic mass is 10.2. The minimum absolute atomic E-state index is 0.0146. The number of para-hydroxylation sites is 1. The molecule has 0 saturated heterocycles. The van der Waals surface area contributed by atoms with Crippen molar-refractivity contribution < 1.29 is 33.3 Å². The summed E-state index contributed by atoms with van der Waals surface area (Å²) in [7, 11) is 1.25. The Kier molecular flexibility index (Phi) is 8.50. The number of benzene rings is 2. The second-order valence-electron chi connectivity index (χ2n) is 5.75. The van der Waals surface area contributed by atoms with E-state index in [1.807, 2.05) is 6.92 Å². The van der Waals surface area contributed by atoms with Gasteiger partial charge >= 0.3 is 11.9 Å². The van der Waals surface area contributed by atoms with Gasteiger partial charge in [0.15, 0.2) is 6.61 Å². The molecule has 0 saturated carbocycles. The molecule has 8 heteroatoms. The van der Waals surface area contributed by atoms with E-state index in [0.717, 1.165) is 5.75 Å². The van der Waals surface area contributed by atoms with Gasteiger partial charge < -0.3 is 24.3 Å². The van der Waals surface area contributed by atoms with Gasteiger partial charge in [-0.25, -0.2) is 4.79 Å². The summed E-state index contributed by atoms with van der Waals surface area (Å²) < 4.78 is 20.4. The van der Waals surface area contributed by atoms with Crippen LogP contribution in [0.25, 0.3) is 0 Å². The molecular formula is C21H23NO7. The van der Waals surface area contributed by atoms with Gasteiger partial charge in [0.1, 0.15) is 11.5 Å². The second kappa shape index (κ2) is 11.3. The highest BCUT2D eigenvalue weighted by atomic mass is 16.5. The lowest BCUT2D eigenvalue weighted by Crippen LogP contribution is -2.22. The number of methoxy groups -OCH3 is 1. The number of amides is 1. The normalized spacial score (nSPS) is 10.0. The highest BCUT2D eigenvalue weighted by Gasteiger charge is 2.14. The first-order chi connectivity index (χ1) is 14.0. The van der Waals surface area contributed by atoms with Crippen molar-refractivity contribution in [2.24, 2.45) is 0 Å². The molecule has 1 N–H and O–H groups in total. The number of nitrogens with one attached hydrogen (secondary N) is 1. The smallest absolute Gasteiger partial charge is 0.339 e. The Morgan fingerprint density at radius 3 is 2.24 bits per heavy atom. The zero-order valence-electron chi connectivity index (χ0n) is 16.3. The molecule has 2 rings (SSSR count). The molecule has 0 unspecified atom stereocenters. The predicted octanol–water partition coefficient (Wildman–Crippen LogP) is 2.82. The summed E-state index contributed by atoms with van der Waals surface area (Å²) in [6, 6.07) is 13.4. The molecule has 1 amide bonds. The van der Waals surface area contributed by atoms with Crippen LogP contribution >= 0.6 is 0 Å². The summed E-state index contributed by atoms with van der Waals surface area (Å²) in [6.45, 7) is 2.11. The standard InChI is InChI=1S/C21H23NO7/c1-3-27-15-8-10-16(11-9-15)28-13-12-20(24)29-14-19(23)22-18-7-5-4-6-17(18)21(25)26-2/h4-11H,3,12-14H2,1-2H3,(H,22,23). The van der Waals surface area contributed by atoms with Crippen LogP contribution < -0.4 is 14.8 Å². The van der Waals surface area contributed by atoms with Gasteiger partial charge in [-0.3, -0.25) is 9.59 Å². The molecule has 8 nitrogen and oxygen atoms in total. The van der Waals surface area contributed by atoms with Crippen LogP contribution in [0.1, 0.15) is 23.7 Å². The summed E-state index contributed by atoms with van der Waals surface area (Å²) in [5.74, 6) is -0.392. The van der Waals surface area contributed by atoms with E-state index in [-0.39, 0.29) is 24.3 Å². The Hall–Kier alpha value is -3.55. The molecule has 29 heavy (non-hydrogen) atoms. The molecule has 0 bridgehead atoms. The van der Waals surface area contributed by atoms with Gasteiger partial charge in [-0.1, -0.05) is 12.1 Å². The minimum atomic E-state index is -0.579. The average Bonchev–Trinajstić information content (AvgIpc) is 2.73. The molecule has 0 atom stereocenters. The molecule has 2 aromatic rings. The number of carbonyl (C=O) groups excluding carboxylic acids is 3. The van der Waals surface area contributed by atoms with E-state index in [2.05, 4.69) is 10.1 Å². The second-order valence-corrected chi connectivity index (χ2v) is 5.75. The molecule has 0 aromatic heterocycles. The molecule has 0 spiro atoms. The van der Waals surface area contributed by atoms with Gasteiger partial charge in [0.2, 0.25) is 0 Å². The van der Waals surface area contributed by atoms with Crippen LogP contribution in [0.3, 0.4) is 0 Å². The van der Waals surface area contributed by atoms with Gasteiger partial charge in [0.05, 0.1) is 38.0 Å². The fourth-order valence-electron chi connectivity index (χ4n) is 2.34. The van der Waals surface area contributed by atoms with Crippen molar-refractivity contribution in [3.8, 4) is 11.5 Å². The summed E-state index contributed by atoms with van der Waals surface area (Å²) in [5, 5.41) is 2.52. The van der Waals surface area contributed by atoms with Crippen LogP contribution in [0, 0.1) is 0 Å². The van der Waals surface area contributed by atoms with Gasteiger partial charge in [-0.2, -0.15) is 0 Å². The predicted molar refractivity (Wildman–Crippen MR) is 105 cm³/mol. The SMILES string of the molecule is CCOc1ccc(OCCC(=O)OCC(=O)Nc2ccccc2C(=O)OC)cc1. The van der Waals surface area contributed by atoms with E-state index < -0.39 is 24.5 Å². The van der Waals surface area contributed by atoms with E-state index in [0.29, 0.717) is 12.4 Å². The van der Waals surface area contributed by atoms with E-state index in [1.165, 1.54) is 13.2 Å². The number of hydrogen-bond acceptors (Lipinski definition) is 7. The largest absolute Gasteiger partial charge is 0.494 e. The zero-order chi connectivity index (χ0) is 21.1. The molecule has 154 valence electrons. The van der Waals surface area contributed by atoms with E-state index >= 15 is 0 Å². The maximum absolute atomic E-state index is 12.0. The zero-order valence-corrected chi connectivity index (χ0v) is 16.3. The molecular weight excluding hydrogens is 378 g/mol. The summed E-state index contributed by atoms with van der Waals surface area (Å²) in [4.78, 5) is 35.4. The monoisotopic (exact) mass is 401 g/mol. The topological polar surface area (TPSA) is 100 Å². The highest BCUT2D eigenvalue weighted by Crippen LogP contribution is 2.18. The van der Waals surface area contributed by atoms with Crippen molar-refractivity contribution in [3.05, 3.63) is 54.1 Å². The molecule has 0 fully saturated rings. The lowest BCUT2D eigenvalue weighted by molar-refractivity contribution is -0.147. The number of carbonyl (C=O) groups is 3. The molecule has 0 aliphatic rings. The summed E-state index contributed by atoms with van der Waals surface area (Å²) in [5.41, 5.74) is 0.484. The first-order valence-corrected chi connectivity index (χ1v) is 9.02.